The van der Waals surface area contributed by atoms with Crippen molar-refractivity contribution in [1.82, 2.24) is 0 Å². The van der Waals surface area contributed by atoms with Crippen LogP contribution in [0.15, 0.2) is 18.2 Å². The number of hydrogen-bond donors (Lipinski definition) is 2. The molecule has 3 heteroatoms. The summed E-state index contributed by atoms with van der Waals surface area (Å²) in [6.07, 6.45) is 1.13. The number of rotatable bonds is 2. The minimum Gasteiger partial charge on any atom is -0.481 e. The normalized spacial score (nSPS) is 19.1. The smallest absolute Gasteiger partial charge is 0.303 e. The molecule has 0 amide bonds. The van der Waals surface area contributed by atoms with E-state index in [0.29, 0.717) is 0 Å². The van der Waals surface area contributed by atoms with Gasteiger partial charge in [-0.2, -0.15) is 0 Å². The Morgan fingerprint density at radius 2 is 2.40 bits per heavy atom. The number of aliphatic carboxylic acids is 1. The van der Waals surface area contributed by atoms with Crippen molar-refractivity contribution in [1.29, 1.82) is 0 Å². The molecule has 3 nitrogen and oxygen atoms in total. The second-order valence-corrected chi connectivity index (χ2v) is 4.15. The summed E-state index contributed by atoms with van der Waals surface area (Å²) in [5.41, 5.74) is 3.68. The Balaban J connectivity index is 2.18. The third-order valence-corrected chi connectivity index (χ3v) is 2.95. The van der Waals surface area contributed by atoms with E-state index >= 15 is 0 Å². The third-order valence-electron chi connectivity index (χ3n) is 2.95. The molecule has 0 radical (unpaired) electrons. The minimum absolute atomic E-state index is 0.219. The lowest BCUT2D eigenvalue weighted by molar-refractivity contribution is -0.138. The summed E-state index contributed by atoms with van der Waals surface area (Å²) < 4.78 is 0. The maximum Gasteiger partial charge on any atom is 0.303 e. The Morgan fingerprint density at radius 1 is 1.60 bits per heavy atom. The van der Waals surface area contributed by atoms with E-state index in [-0.39, 0.29) is 12.3 Å². The fourth-order valence-corrected chi connectivity index (χ4v) is 2.15. The first-order valence-electron chi connectivity index (χ1n) is 5.21. The molecule has 2 N–H and O–H groups in total. The van der Waals surface area contributed by atoms with Crippen LogP contribution >= 0.6 is 0 Å². The van der Waals surface area contributed by atoms with Crippen molar-refractivity contribution in [2.45, 2.75) is 19.8 Å². The zero-order valence-corrected chi connectivity index (χ0v) is 8.79. The fourth-order valence-electron chi connectivity index (χ4n) is 2.15. The van der Waals surface area contributed by atoms with Crippen molar-refractivity contribution in [3.8, 4) is 0 Å². The van der Waals surface area contributed by atoms with Gasteiger partial charge in [-0.3, -0.25) is 4.79 Å². The van der Waals surface area contributed by atoms with E-state index in [4.69, 9.17) is 5.11 Å². The van der Waals surface area contributed by atoms with Gasteiger partial charge in [-0.25, -0.2) is 0 Å². The zero-order chi connectivity index (χ0) is 10.8. The van der Waals surface area contributed by atoms with Crippen LogP contribution < -0.4 is 5.32 Å². The van der Waals surface area contributed by atoms with Gasteiger partial charge in [0.05, 0.1) is 6.42 Å². The molecule has 1 aromatic rings. The largest absolute Gasteiger partial charge is 0.481 e. The first kappa shape index (κ1) is 10.0. The molecule has 1 aromatic carbocycles. The van der Waals surface area contributed by atoms with E-state index in [1.807, 2.05) is 6.07 Å². The first-order valence-corrected chi connectivity index (χ1v) is 5.21. The number of anilines is 1. The zero-order valence-electron chi connectivity index (χ0n) is 8.79. The molecule has 1 aliphatic heterocycles. The SMILES string of the molecule is Cc1cccc2c1CC(CC(=O)O)CN2. The van der Waals surface area contributed by atoms with Crippen LogP contribution in [0.2, 0.25) is 0 Å². The average Bonchev–Trinajstić information content (AvgIpc) is 2.18. The molecule has 0 bridgehead atoms. The van der Waals surface area contributed by atoms with Crippen molar-refractivity contribution >= 4 is 11.7 Å². The molecule has 15 heavy (non-hydrogen) atoms. The lowest BCUT2D eigenvalue weighted by Gasteiger charge is -2.26. The molecule has 1 unspecified atom stereocenters. The van der Waals surface area contributed by atoms with E-state index in [1.54, 1.807) is 0 Å². The Bertz CT molecular complexity index is 387. The predicted molar refractivity (Wildman–Crippen MR) is 59.1 cm³/mol. The van der Waals surface area contributed by atoms with Gasteiger partial charge in [-0.05, 0) is 36.5 Å². The minimum atomic E-state index is -0.709. The molecule has 1 atom stereocenters. The van der Waals surface area contributed by atoms with Gasteiger partial charge in [0.1, 0.15) is 0 Å². The van der Waals surface area contributed by atoms with Crippen molar-refractivity contribution in [3.05, 3.63) is 29.3 Å². The van der Waals surface area contributed by atoms with E-state index in [1.165, 1.54) is 11.1 Å². The summed E-state index contributed by atoms with van der Waals surface area (Å²) in [6.45, 7) is 2.84. The van der Waals surface area contributed by atoms with Crippen molar-refractivity contribution in [2.75, 3.05) is 11.9 Å². The molecule has 0 fully saturated rings. The summed E-state index contributed by atoms with van der Waals surface area (Å²) >= 11 is 0. The van der Waals surface area contributed by atoms with Crippen LogP contribution in [0.4, 0.5) is 5.69 Å². The van der Waals surface area contributed by atoms with Crippen LogP contribution in [0.3, 0.4) is 0 Å². The number of nitrogens with one attached hydrogen (secondary N) is 1. The average molecular weight is 205 g/mol. The molecule has 2 rings (SSSR count). The molecular formula is C12H15NO2. The summed E-state index contributed by atoms with van der Waals surface area (Å²) in [6, 6.07) is 6.15. The van der Waals surface area contributed by atoms with E-state index < -0.39 is 5.97 Å². The van der Waals surface area contributed by atoms with Gasteiger partial charge < -0.3 is 10.4 Å². The molecule has 0 aromatic heterocycles. The second kappa shape index (κ2) is 3.93. The van der Waals surface area contributed by atoms with Crippen molar-refractivity contribution < 1.29 is 9.90 Å². The van der Waals surface area contributed by atoms with Gasteiger partial charge in [0, 0.05) is 12.2 Å². The monoisotopic (exact) mass is 205 g/mol. The number of carboxylic acids is 1. The highest BCUT2D eigenvalue weighted by atomic mass is 16.4. The molecule has 0 spiro atoms. The number of benzene rings is 1. The fraction of sp³-hybridized carbons (Fsp3) is 0.417. The topological polar surface area (TPSA) is 49.3 Å². The molecular weight excluding hydrogens is 190 g/mol. The number of fused-ring (bicyclic) bond motifs is 1. The van der Waals surface area contributed by atoms with Crippen LogP contribution in [0.5, 0.6) is 0 Å². The number of carbonyl (C=O) groups is 1. The van der Waals surface area contributed by atoms with Crippen LogP contribution in [-0.2, 0) is 11.2 Å². The molecule has 0 saturated heterocycles. The van der Waals surface area contributed by atoms with E-state index in [0.717, 1.165) is 18.7 Å². The van der Waals surface area contributed by atoms with Gasteiger partial charge >= 0.3 is 5.97 Å². The number of carboxylic acid groups (broad SMARTS) is 1. The standard InChI is InChI=1S/C12H15NO2/c1-8-3-2-4-11-10(8)5-9(7-13-11)6-12(14)15/h2-4,9,13H,5-7H2,1H3,(H,14,15). The molecule has 0 saturated carbocycles. The maximum atomic E-state index is 10.6. The molecule has 0 aliphatic carbocycles. The molecule has 1 heterocycles. The van der Waals surface area contributed by atoms with Crippen LogP contribution in [0.1, 0.15) is 17.5 Å². The highest BCUT2D eigenvalue weighted by Crippen LogP contribution is 2.28. The number of hydrogen-bond acceptors (Lipinski definition) is 2. The quantitative estimate of drug-likeness (QED) is 0.777. The predicted octanol–water partition coefficient (Wildman–Crippen LogP) is 2.05. The highest BCUT2D eigenvalue weighted by molar-refractivity contribution is 5.68. The lowest BCUT2D eigenvalue weighted by Crippen LogP contribution is -2.25. The highest BCUT2D eigenvalue weighted by Gasteiger charge is 2.21. The van der Waals surface area contributed by atoms with E-state index in [9.17, 15) is 4.79 Å². The Labute approximate surface area is 89.1 Å². The first-order chi connectivity index (χ1) is 7.16. The van der Waals surface area contributed by atoms with Gasteiger partial charge in [-0.1, -0.05) is 12.1 Å². The summed E-state index contributed by atoms with van der Waals surface area (Å²) in [4.78, 5) is 10.6. The van der Waals surface area contributed by atoms with Gasteiger partial charge in [0.2, 0.25) is 0 Å². The second-order valence-electron chi connectivity index (χ2n) is 4.15. The maximum absolute atomic E-state index is 10.6. The van der Waals surface area contributed by atoms with Gasteiger partial charge in [-0.15, -0.1) is 0 Å². The van der Waals surface area contributed by atoms with Crippen LogP contribution in [-0.4, -0.2) is 17.6 Å². The van der Waals surface area contributed by atoms with Crippen LogP contribution in [0, 0.1) is 12.8 Å². The summed E-state index contributed by atoms with van der Waals surface area (Å²) in [5.74, 6) is -0.491. The third kappa shape index (κ3) is 2.12. The number of aryl methyl sites for hydroxylation is 1. The summed E-state index contributed by atoms with van der Waals surface area (Å²) in [5, 5.41) is 12.1. The van der Waals surface area contributed by atoms with Gasteiger partial charge in [0.15, 0.2) is 0 Å². The Hall–Kier alpha value is -1.51. The summed E-state index contributed by atoms with van der Waals surface area (Å²) in [7, 11) is 0. The van der Waals surface area contributed by atoms with Gasteiger partial charge in [0.25, 0.3) is 0 Å². The lowest BCUT2D eigenvalue weighted by atomic mass is 9.89. The molecule has 1 aliphatic rings. The van der Waals surface area contributed by atoms with Crippen molar-refractivity contribution in [2.24, 2.45) is 5.92 Å². The van der Waals surface area contributed by atoms with Crippen LogP contribution in [0.25, 0.3) is 0 Å². The van der Waals surface area contributed by atoms with Crippen molar-refractivity contribution in [3.63, 3.8) is 0 Å². The molecule has 80 valence electrons. The van der Waals surface area contributed by atoms with E-state index in [2.05, 4.69) is 24.4 Å². The Morgan fingerprint density at radius 3 is 3.13 bits per heavy atom. The Kier molecular flexibility index (Phi) is 2.62.